The lowest BCUT2D eigenvalue weighted by molar-refractivity contribution is -0.143. The maximum Gasteiger partial charge on any atom is 0.414 e. The van der Waals surface area contributed by atoms with E-state index in [0.717, 1.165) is 23.9 Å². The first-order valence-corrected chi connectivity index (χ1v) is 12.9. The van der Waals surface area contributed by atoms with Gasteiger partial charge in [-0.2, -0.15) is 0 Å². The second-order valence-corrected chi connectivity index (χ2v) is 10.1. The highest BCUT2D eigenvalue weighted by molar-refractivity contribution is 5.95. The zero-order valence-corrected chi connectivity index (χ0v) is 21.7. The molecule has 0 saturated heterocycles. The molecular formula is C28H32FN3O6. The van der Waals surface area contributed by atoms with Crippen molar-refractivity contribution in [3.05, 3.63) is 53.1 Å². The van der Waals surface area contributed by atoms with E-state index in [1.54, 1.807) is 4.90 Å². The smallest absolute Gasteiger partial charge is 0.414 e. The standard InChI is InChI=1S/C28H32FN3O6/c1-15-7-9-19-21(31(15)28(36)38-3)10-11-22-24(19)30-26(25(33)20-14-17(29)8-12-23(20)37-2)32(22)18-6-4-5-16(13-18)27(34)35/h8,10-12,14-16,18,25,33H,4-7,9,13H2,1-3H3,(H,34,35)/t15?,16-,18-,25+/m1/s1. The Hall–Kier alpha value is -3.66. The zero-order valence-electron chi connectivity index (χ0n) is 21.7. The van der Waals surface area contributed by atoms with E-state index in [9.17, 15) is 24.2 Å². The van der Waals surface area contributed by atoms with Gasteiger partial charge in [0.05, 0.1) is 36.9 Å². The Morgan fingerprint density at radius 1 is 1.16 bits per heavy atom. The second-order valence-electron chi connectivity index (χ2n) is 10.1. The van der Waals surface area contributed by atoms with Crippen LogP contribution in [0.15, 0.2) is 30.3 Å². The van der Waals surface area contributed by atoms with Crippen LogP contribution in [0.1, 0.15) is 68.1 Å². The highest BCUT2D eigenvalue weighted by Crippen LogP contribution is 2.43. The third kappa shape index (κ3) is 4.36. The lowest BCUT2D eigenvalue weighted by Crippen LogP contribution is -2.42. The Balaban J connectivity index is 1.72. The minimum atomic E-state index is -1.33. The van der Waals surface area contributed by atoms with E-state index < -0.39 is 29.9 Å². The van der Waals surface area contributed by atoms with Crippen molar-refractivity contribution in [1.29, 1.82) is 0 Å². The maximum absolute atomic E-state index is 14.3. The summed E-state index contributed by atoms with van der Waals surface area (Å²) in [6.45, 7) is 1.96. The van der Waals surface area contributed by atoms with Crippen LogP contribution in [0.3, 0.4) is 0 Å². The molecule has 1 aliphatic heterocycles. The number of anilines is 1. The van der Waals surface area contributed by atoms with Crippen LogP contribution in [0.4, 0.5) is 14.9 Å². The number of aliphatic carboxylic acids is 1. The molecular weight excluding hydrogens is 493 g/mol. The summed E-state index contributed by atoms with van der Waals surface area (Å²) in [5.74, 6) is -1.26. The number of carboxylic acid groups (broad SMARTS) is 1. The van der Waals surface area contributed by atoms with Crippen LogP contribution in [0.5, 0.6) is 5.75 Å². The number of amides is 1. The van der Waals surface area contributed by atoms with E-state index in [2.05, 4.69) is 0 Å². The molecule has 202 valence electrons. The van der Waals surface area contributed by atoms with Crippen LogP contribution in [-0.4, -0.2) is 52.1 Å². The number of aromatic nitrogens is 2. The number of nitrogens with zero attached hydrogens (tertiary/aromatic N) is 3. The van der Waals surface area contributed by atoms with Crippen LogP contribution in [-0.2, 0) is 16.0 Å². The molecule has 1 unspecified atom stereocenters. The highest BCUT2D eigenvalue weighted by Gasteiger charge is 2.36. The van der Waals surface area contributed by atoms with Gasteiger partial charge in [0, 0.05) is 23.2 Å². The van der Waals surface area contributed by atoms with Gasteiger partial charge in [0.25, 0.3) is 0 Å². The molecule has 9 nitrogen and oxygen atoms in total. The number of carbonyl (C=O) groups excluding carboxylic acids is 1. The summed E-state index contributed by atoms with van der Waals surface area (Å²) in [5, 5.41) is 21.3. The average molecular weight is 526 g/mol. The lowest BCUT2D eigenvalue weighted by Gasteiger charge is -2.34. The minimum Gasteiger partial charge on any atom is -0.496 e. The fourth-order valence-corrected chi connectivity index (χ4v) is 6.05. The Morgan fingerprint density at radius 2 is 1.95 bits per heavy atom. The van der Waals surface area contributed by atoms with Crippen molar-refractivity contribution in [2.75, 3.05) is 19.1 Å². The second kappa shape index (κ2) is 10.2. The predicted molar refractivity (Wildman–Crippen MR) is 138 cm³/mol. The molecule has 0 spiro atoms. The number of hydrogen-bond acceptors (Lipinski definition) is 6. The third-order valence-corrected chi connectivity index (χ3v) is 7.94. The summed E-state index contributed by atoms with van der Waals surface area (Å²) in [6.07, 6.45) is 2.01. The van der Waals surface area contributed by atoms with Gasteiger partial charge in [-0.05, 0) is 69.4 Å². The number of ether oxygens (including phenoxy) is 2. The van der Waals surface area contributed by atoms with Crippen molar-refractivity contribution in [2.45, 2.75) is 63.6 Å². The lowest BCUT2D eigenvalue weighted by atomic mass is 9.85. The Labute approximate surface area is 219 Å². The summed E-state index contributed by atoms with van der Waals surface area (Å²) < 4.78 is 26.6. The summed E-state index contributed by atoms with van der Waals surface area (Å²) in [5.41, 5.74) is 3.15. The monoisotopic (exact) mass is 525 g/mol. The van der Waals surface area contributed by atoms with Crippen LogP contribution in [0, 0.1) is 11.7 Å². The summed E-state index contributed by atoms with van der Waals surface area (Å²) in [6, 6.07) is 7.37. The number of fused-ring (bicyclic) bond motifs is 3. The van der Waals surface area contributed by atoms with Crippen molar-refractivity contribution in [3.8, 4) is 5.75 Å². The number of methoxy groups -OCH3 is 2. The molecule has 2 aromatic carbocycles. The van der Waals surface area contributed by atoms with E-state index in [1.807, 2.05) is 23.6 Å². The van der Waals surface area contributed by atoms with Gasteiger partial charge in [-0.3, -0.25) is 9.69 Å². The largest absolute Gasteiger partial charge is 0.496 e. The van der Waals surface area contributed by atoms with E-state index in [1.165, 1.54) is 32.4 Å². The number of halogens is 1. The molecule has 1 aliphatic carbocycles. The normalized spacial score (nSPS) is 22.1. The van der Waals surface area contributed by atoms with Gasteiger partial charge in [0.15, 0.2) is 0 Å². The molecule has 1 saturated carbocycles. The molecule has 0 radical (unpaired) electrons. The number of carbonyl (C=O) groups is 2. The molecule has 4 atom stereocenters. The van der Waals surface area contributed by atoms with Crippen LogP contribution in [0.2, 0.25) is 0 Å². The molecule has 1 fully saturated rings. The van der Waals surface area contributed by atoms with Crippen molar-refractivity contribution in [1.82, 2.24) is 9.55 Å². The topological polar surface area (TPSA) is 114 Å². The van der Waals surface area contributed by atoms with Crippen molar-refractivity contribution in [3.63, 3.8) is 0 Å². The fourth-order valence-electron chi connectivity index (χ4n) is 6.05. The van der Waals surface area contributed by atoms with E-state index in [4.69, 9.17) is 14.5 Å². The number of aryl methyl sites for hydroxylation is 1. The maximum atomic E-state index is 14.3. The summed E-state index contributed by atoms with van der Waals surface area (Å²) >= 11 is 0. The minimum absolute atomic E-state index is 0.0641. The van der Waals surface area contributed by atoms with Crippen LogP contribution < -0.4 is 9.64 Å². The Morgan fingerprint density at radius 3 is 2.66 bits per heavy atom. The van der Waals surface area contributed by atoms with Gasteiger partial charge in [-0.1, -0.05) is 6.42 Å². The molecule has 10 heteroatoms. The average Bonchev–Trinajstić information content (AvgIpc) is 3.32. The number of carboxylic acids is 1. The molecule has 2 N–H and O–H groups in total. The molecule has 2 aliphatic rings. The molecule has 3 aromatic rings. The van der Waals surface area contributed by atoms with Gasteiger partial charge in [-0.15, -0.1) is 0 Å². The van der Waals surface area contributed by atoms with E-state index >= 15 is 0 Å². The fraction of sp³-hybridized carbons (Fsp3) is 0.464. The van der Waals surface area contributed by atoms with Gasteiger partial charge in [-0.25, -0.2) is 14.2 Å². The SMILES string of the molecule is COC(=O)N1c2ccc3c(nc([C@@H](O)c4cc(F)ccc4OC)n3[C@@H]3CCC[C@@H](C(=O)O)C3)c2CCC1C. The van der Waals surface area contributed by atoms with Gasteiger partial charge >= 0.3 is 12.1 Å². The van der Waals surface area contributed by atoms with Gasteiger partial charge in [0.2, 0.25) is 0 Å². The number of hydrogen-bond donors (Lipinski definition) is 2. The van der Waals surface area contributed by atoms with Gasteiger partial charge < -0.3 is 24.3 Å². The molecule has 5 rings (SSSR count). The molecule has 2 heterocycles. The summed E-state index contributed by atoms with van der Waals surface area (Å²) in [4.78, 5) is 31.0. The van der Waals surface area contributed by atoms with Crippen LogP contribution in [0.25, 0.3) is 11.0 Å². The highest BCUT2D eigenvalue weighted by atomic mass is 19.1. The Bertz CT molecular complexity index is 1390. The van der Waals surface area contributed by atoms with E-state index in [0.29, 0.717) is 42.6 Å². The van der Waals surface area contributed by atoms with Crippen molar-refractivity contribution < 1.29 is 33.7 Å². The molecule has 1 amide bonds. The number of aliphatic hydroxyl groups is 1. The molecule has 0 bridgehead atoms. The van der Waals surface area contributed by atoms with Crippen molar-refractivity contribution >= 4 is 28.8 Å². The number of rotatable bonds is 5. The third-order valence-electron chi connectivity index (χ3n) is 7.94. The first kappa shape index (κ1) is 26.0. The van der Waals surface area contributed by atoms with Crippen molar-refractivity contribution in [2.24, 2.45) is 5.92 Å². The van der Waals surface area contributed by atoms with Gasteiger partial charge in [0.1, 0.15) is 23.5 Å². The molecule has 38 heavy (non-hydrogen) atoms. The number of imidazole rings is 1. The quantitative estimate of drug-likeness (QED) is 0.482. The van der Waals surface area contributed by atoms with E-state index in [-0.39, 0.29) is 23.5 Å². The summed E-state index contributed by atoms with van der Waals surface area (Å²) in [7, 11) is 2.79. The zero-order chi connectivity index (χ0) is 27.1. The first-order valence-electron chi connectivity index (χ1n) is 12.9. The number of aliphatic hydroxyl groups excluding tert-OH is 1. The Kier molecular flexibility index (Phi) is 7.00. The number of benzene rings is 2. The molecule has 1 aromatic heterocycles. The first-order chi connectivity index (χ1) is 18.2. The predicted octanol–water partition coefficient (Wildman–Crippen LogP) is 4.99. The van der Waals surface area contributed by atoms with Crippen LogP contribution >= 0.6 is 0 Å².